The Kier molecular flexibility index (Phi) is 9.66. The van der Waals surface area contributed by atoms with Gasteiger partial charge in [0.1, 0.15) is 0 Å². The number of aliphatic hydroxyl groups is 1. The van der Waals surface area contributed by atoms with Crippen molar-refractivity contribution in [3.8, 4) is 0 Å². The zero-order chi connectivity index (χ0) is 17.9. The van der Waals surface area contributed by atoms with E-state index in [-0.39, 0.29) is 18.8 Å². The van der Waals surface area contributed by atoms with Gasteiger partial charge in [-0.2, -0.15) is 0 Å². The predicted octanol–water partition coefficient (Wildman–Crippen LogP) is 5.52. The van der Waals surface area contributed by atoms with E-state index in [1.165, 1.54) is 16.7 Å². The molecule has 1 N–H and O–H groups in total. The number of allylic oxidation sites excluding steroid dienone is 6. The number of hydrogen-bond donors (Lipinski definition) is 1. The van der Waals surface area contributed by atoms with Crippen molar-refractivity contribution in [2.45, 2.75) is 65.1 Å². The predicted molar refractivity (Wildman–Crippen MR) is 104 cm³/mol. The average Bonchev–Trinajstić information content (AvgIpc) is 2.60. The molecule has 0 saturated carbocycles. The Morgan fingerprint density at radius 2 is 1.92 bits per heavy atom. The third-order valence-corrected chi connectivity index (χ3v) is 4.53. The lowest BCUT2D eigenvalue weighted by Gasteiger charge is -2.34. The lowest BCUT2D eigenvalue weighted by Crippen LogP contribution is -2.35. The highest BCUT2D eigenvalue weighted by Gasteiger charge is 2.28. The maximum absolute atomic E-state index is 9.45. The Bertz CT molecular complexity index is 496. The summed E-state index contributed by atoms with van der Waals surface area (Å²) in [6.45, 7) is 14.4. The number of hydrogen-bond acceptors (Lipinski definition) is 2. The van der Waals surface area contributed by atoms with E-state index < -0.39 is 0 Å². The van der Waals surface area contributed by atoms with Crippen molar-refractivity contribution >= 4 is 0 Å². The molecule has 0 radical (unpaired) electrons. The third kappa shape index (κ3) is 6.62. The van der Waals surface area contributed by atoms with E-state index in [1.807, 2.05) is 19.1 Å². The summed E-state index contributed by atoms with van der Waals surface area (Å²) in [6, 6.07) is 0. The Hall–Kier alpha value is -1.38. The van der Waals surface area contributed by atoms with Gasteiger partial charge in [0.15, 0.2) is 0 Å². The summed E-state index contributed by atoms with van der Waals surface area (Å²) in [6.07, 6.45) is 15.4. The van der Waals surface area contributed by atoms with Gasteiger partial charge in [0.25, 0.3) is 0 Å². The molecule has 0 aromatic rings. The molecule has 134 valence electrons. The van der Waals surface area contributed by atoms with Crippen LogP contribution >= 0.6 is 0 Å². The summed E-state index contributed by atoms with van der Waals surface area (Å²) in [5.74, 6) is 0.560. The van der Waals surface area contributed by atoms with Gasteiger partial charge in [0.05, 0.1) is 18.8 Å². The van der Waals surface area contributed by atoms with Gasteiger partial charge in [0, 0.05) is 0 Å². The van der Waals surface area contributed by atoms with Gasteiger partial charge < -0.3 is 9.84 Å². The van der Waals surface area contributed by atoms with Crippen molar-refractivity contribution < 1.29 is 9.84 Å². The second-order valence-corrected chi connectivity index (χ2v) is 6.67. The first-order valence-electron chi connectivity index (χ1n) is 9.14. The van der Waals surface area contributed by atoms with E-state index in [0.29, 0.717) is 5.92 Å². The van der Waals surface area contributed by atoms with Crippen molar-refractivity contribution in [2.24, 2.45) is 5.92 Å². The molecule has 1 saturated heterocycles. The lowest BCUT2D eigenvalue weighted by atomic mass is 9.89. The van der Waals surface area contributed by atoms with Crippen molar-refractivity contribution in [1.29, 1.82) is 0 Å². The fraction of sp³-hybridized carbons (Fsp3) is 0.545. The first-order valence-corrected chi connectivity index (χ1v) is 9.14. The molecule has 2 heteroatoms. The topological polar surface area (TPSA) is 29.5 Å². The second-order valence-electron chi connectivity index (χ2n) is 6.67. The molecule has 1 fully saturated rings. The summed E-state index contributed by atoms with van der Waals surface area (Å²) in [5.41, 5.74) is 3.59. The van der Waals surface area contributed by atoms with E-state index in [4.69, 9.17) is 4.74 Å². The van der Waals surface area contributed by atoms with Gasteiger partial charge in [-0.25, -0.2) is 0 Å². The van der Waals surface area contributed by atoms with Crippen molar-refractivity contribution in [1.82, 2.24) is 0 Å². The van der Waals surface area contributed by atoms with E-state index in [0.717, 1.165) is 32.1 Å². The van der Waals surface area contributed by atoms with Gasteiger partial charge in [-0.1, -0.05) is 63.8 Å². The van der Waals surface area contributed by atoms with Crippen LogP contribution in [0.4, 0.5) is 0 Å². The summed E-state index contributed by atoms with van der Waals surface area (Å²) in [7, 11) is 0. The van der Waals surface area contributed by atoms with E-state index in [9.17, 15) is 5.11 Å². The van der Waals surface area contributed by atoms with Crippen LogP contribution in [0.25, 0.3) is 0 Å². The largest absolute Gasteiger partial charge is 0.394 e. The molecule has 24 heavy (non-hydrogen) atoms. The molecule has 3 atom stereocenters. The van der Waals surface area contributed by atoms with E-state index in [2.05, 4.69) is 45.2 Å². The zero-order valence-corrected chi connectivity index (χ0v) is 15.6. The molecule has 1 rings (SSSR count). The van der Waals surface area contributed by atoms with Crippen LogP contribution in [-0.4, -0.2) is 23.9 Å². The smallest absolute Gasteiger partial charge is 0.0829 e. The van der Waals surface area contributed by atoms with Crippen molar-refractivity contribution in [2.75, 3.05) is 6.61 Å². The molecule has 1 aliphatic heterocycles. The SMILES string of the molecule is C=C/C(=C\CCC)C/C(C=C)=C/C(=C\C)[C@H]1C[C@@H](C)C[C@@H](CO)O1. The van der Waals surface area contributed by atoms with E-state index in [1.54, 1.807) is 0 Å². The average molecular weight is 331 g/mol. The maximum atomic E-state index is 9.45. The van der Waals surface area contributed by atoms with Crippen molar-refractivity contribution in [3.05, 3.63) is 60.3 Å². The Morgan fingerprint density at radius 3 is 2.46 bits per heavy atom. The van der Waals surface area contributed by atoms with Gasteiger partial charge in [-0.15, -0.1) is 0 Å². The molecular formula is C22H34O2. The van der Waals surface area contributed by atoms with Crippen LogP contribution in [0.2, 0.25) is 0 Å². The fourth-order valence-electron chi connectivity index (χ4n) is 3.14. The number of ether oxygens (including phenoxy) is 1. The Morgan fingerprint density at radius 1 is 1.21 bits per heavy atom. The minimum absolute atomic E-state index is 0.0533. The minimum atomic E-state index is -0.0533. The Balaban J connectivity index is 2.90. The van der Waals surface area contributed by atoms with Crippen LogP contribution in [0.3, 0.4) is 0 Å². The van der Waals surface area contributed by atoms with Gasteiger partial charge in [0.2, 0.25) is 0 Å². The fourth-order valence-corrected chi connectivity index (χ4v) is 3.14. The second kappa shape index (κ2) is 11.2. The molecule has 0 spiro atoms. The first kappa shape index (κ1) is 20.7. The molecule has 0 bridgehead atoms. The molecule has 0 unspecified atom stereocenters. The summed E-state index contributed by atoms with van der Waals surface area (Å²) in [4.78, 5) is 0. The quantitative estimate of drug-likeness (QED) is 0.564. The summed E-state index contributed by atoms with van der Waals surface area (Å²) in [5, 5.41) is 9.45. The Labute approximate surface area is 148 Å². The van der Waals surface area contributed by atoms with E-state index >= 15 is 0 Å². The van der Waals surface area contributed by atoms with Crippen LogP contribution in [0.5, 0.6) is 0 Å². The normalized spacial score (nSPS) is 26.3. The number of rotatable bonds is 9. The third-order valence-electron chi connectivity index (χ3n) is 4.53. The first-order chi connectivity index (χ1) is 11.6. The van der Waals surface area contributed by atoms with Gasteiger partial charge >= 0.3 is 0 Å². The molecular weight excluding hydrogens is 296 g/mol. The molecule has 2 nitrogen and oxygen atoms in total. The molecule has 0 aromatic carbocycles. The highest BCUT2D eigenvalue weighted by Crippen LogP contribution is 2.30. The number of aliphatic hydroxyl groups excluding tert-OH is 1. The van der Waals surface area contributed by atoms with Crippen LogP contribution < -0.4 is 0 Å². The molecule has 0 aromatic heterocycles. The number of unbranched alkanes of at least 4 members (excludes halogenated alkanes) is 1. The molecule has 0 aliphatic carbocycles. The summed E-state index contributed by atoms with van der Waals surface area (Å²) >= 11 is 0. The highest BCUT2D eigenvalue weighted by molar-refractivity contribution is 5.36. The van der Waals surface area contributed by atoms with Crippen LogP contribution in [0, 0.1) is 5.92 Å². The van der Waals surface area contributed by atoms with Crippen molar-refractivity contribution in [3.63, 3.8) is 0 Å². The zero-order valence-electron chi connectivity index (χ0n) is 15.6. The van der Waals surface area contributed by atoms with Gasteiger partial charge in [-0.05, 0) is 55.2 Å². The molecule has 1 aliphatic rings. The van der Waals surface area contributed by atoms with Crippen LogP contribution in [-0.2, 0) is 4.74 Å². The highest BCUT2D eigenvalue weighted by atomic mass is 16.5. The standard InChI is InChI=1S/C22H34O2/c1-6-10-11-18(7-2)14-19(8-3)15-20(9-4)22-13-17(5)12-21(16-23)24-22/h7-9,11,15,17,21-23H,2-3,6,10,12-14,16H2,1,4-5H3/b18-11+,19-15+,20-9+/t17-,21-,22+/m0/s1. The van der Waals surface area contributed by atoms with Crippen LogP contribution in [0.15, 0.2) is 60.3 Å². The van der Waals surface area contributed by atoms with Gasteiger partial charge in [-0.3, -0.25) is 0 Å². The van der Waals surface area contributed by atoms with Crippen LogP contribution in [0.1, 0.15) is 52.9 Å². The summed E-state index contributed by atoms with van der Waals surface area (Å²) < 4.78 is 6.07. The minimum Gasteiger partial charge on any atom is -0.394 e. The maximum Gasteiger partial charge on any atom is 0.0829 e. The monoisotopic (exact) mass is 330 g/mol. The lowest BCUT2D eigenvalue weighted by molar-refractivity contribution is -0.0710. The molecule has 0 amide bonds. The molecule has 1 heterocycles.